The van der Waals surface area contributed by atoms with E-state index < -0.39 is 29.5 Å². The van der Waals surface area contributed by atoms with Gasteiger partial charge in [-0.15, -0.1) is 0 Å². The van der Waals surface area contributed by atoms with Crippen LogP contribution in [0.4, 0.5) is 0 Å². The summed E-state index contributed by atoms with van der Waals surface area (Å²) >= 11 is 1.48. The average molecular weight is 504 g/mol. The van der Waals surface area contributed by atoms with E-state index in [1.54, 1.807) is 27.8 Å². The average Bonchev–Trinajstić information content (AvgIpc) is 2.74. The Morgan fingerprint density at radius 3 is 2.09 bits per heavy atom. The first kappa shape index (κ1) is 32.2. The number of thioether (sulfide) groups is 1. The molecule has 0 heterocycles. The molecule has 0 radical (unpaired) electrons. The summed E-state index contributed by atoms with van der Waals surface area (Å²) in [4.78, 5) is 52.9. The van der Waals surface area contributed by atoms with Crippen LogP contribution in [0.5, 0.6) is 0 Å². The monoisotopic (exact) mass is 503 g/mol. The Bertz CT molecular complexity index is 668. The van der Waals surface area contributed by atoms with Gasteiger partial charge in [0.15, 0.2) is 0 Å². The molecule has 3 N–H and O–H groups in total. The van der Waals surface area contributed by atoms with Crippen LogP contribution < -0.4 is 5.73 Å². The number of likely N-dealkylation sites (N-methyl/N-ethyl adjacent to an activating group) is 2. The van der Waals surface area contributed by atoms with Gasteiger partial charge in [0.05, 0.1) is 18.1 Å². The predicted molar refractivity (Wildman–Crippen MR) is 135 cm³/mol. The van der Waals surface area contributed by atoms with Crippen molar-refractivity contribution in [2.45, 2.75) is 90.8 Å². The normalized spacial score (nSPS) is 14.1. The van der Waals surface area contributed by atoms with Crippen molar-refractivity contribution < 1.29 is 29.0 Å². The molecule has 198 valence electrons. The van der Waals surface area contributed by atoms with Gasteiger partial charge >= 0.3 is 5.97 Å². The van der Waals surface area contributed by atoms with Crippen molar-refractivity contribution in [2.24, 2.45) is 11.7 Å². The molecule has 0 aromatic carbocycles. The van der Waals surface area contributed by atoms with Crippen LogP contribution in [0.3, 0.4) is 0 Å². The van der Waals surface area contributed by atoms with Crippen LogP contribution in [0.2, 0.25) is 0 Å². The van der Waals surface area contributed by atoms with E-state index >= 15 is 0 Å². The highest BCUT2D eigenvalue weighted by atomic mass is 32.2. The van der Waals surface area contributed by atoms with Crippen LogP contribution in [0, 0.1) is 5.92 Å². The Kier molecular flexibility index (Phi) is 15.1. The Morgan fingerprint density at radius 1 is 1.00 bits per heavy atom. The Morgan fingerprint density at radius 2 is 1.62 bits per heavy atom. The zero-order valence-corrected chi connectivity index (χ0v) is 22.8. The number of hydrogen-bond acceptors (Lipinski definition) is 7. The summed E-state index contributed by atoms with van der Waals surface area (Å²) in [6.07, 6.45) is 3.15. The molecule has 0 aliphatic heterocycles. The summed E-state index contributed by atoms with van der Waals surface area (Å²) in [7, 11) is 3.06. The molecule has 0 unspecified atom stereocenters. The summed E-state index contributed by atoms with van der Waals surface area (Å²) in [5, 5.41) is 10.2. The summed E-state index contributed by atoms with van der Waals surface area (Å²) in [6, 6.07) is -1.81. The van der Waals surface area contributed by atoms with Crippen LogP contribution in [-0.4, -0.2) is 88.5 Å². The molecule has 0 saturated carbocycles. The lowest BCUT2D eigenvalue weighted by Crippen LogP contribution is -2.56. The van der Waals surface area contributed by atoms with E-state index in [1.807, 2.05) is 13.8 Å². The number of ether oxygens (including phenoxy) is 1. The van der Waals surface area contributed by atoms with Crippen molar-refractivity contribution in [3.05, 3.63) is 0 Å². The second kappa shape index (κ2) is 16.0. The number of carbonyl (C=O) groups is 4. The van der Waals surface area contributed by atoms with Gasteiger partial charge in [-0.25, -0.2) is 0 Å². The highest BCUT2D eigenvalue weighted by Gasteiger charge is 2.36. The first-order chi connectivity index (χ1) is 15.8. The highest BCUT2D eigenvalue weighted by Crippen LogP contribution is 2.21. The van der Waals surface area contributed by atoms with E-state index in [2.05, 4.69) is 0 Å². The van der Waals surface area contributed by atoms with E-state index in [9.17, 15) is 24.3 Å². The van der Waals surface area contributed by atoms with E-state index in [1.165, 1.54) is 28.6 Å². The van der Waals surface area contributed by atoms with E-state index in [4.69, 9.17) is 10.5 Å². The van der Waals surface area contributed by atoms with E-state index in [0.717, 1.165) is 12.8 Å². The summed E-state index contributed by atoms with van der Waals surface area (Å²) in [6.45, 7) is 9.11. The molecule has 0 aromatic heterocycles. The Labute approximate surface area is 209 Å². The van der Waals surface area contributed by atoms with Gasteiger partial charge in [0.1, 0.15) is 12.1 Å². The molecule has 3 amide bonds. The molecule has 10 heteroatoms. The van der Waals surface area contributed by atoms with Gasteiger partial charge in [-0.2, -0.15) is 11.8 Å². The number of amides is 3. The van der Waals surface area contributed by atoms with Crippen molar-refractivity contribution in [3.8, 4) is 0 Å². The minimum atomic E-state index is -1.20. The fourth-order valence-corrected chi connectivity index (χ4v) is 4.82. The molecule has 0 spiro atoms. The van der Waals surface area contributed by atoms with Crippen LogP contribution >= 0.6 is 11.8 Å². The van der Waals surface area contributed by atoms with Crippen LogP contribution in [0.15, 0.2) is 0 Å². The third-order valence-electron chi connectivity index (χ3n) is 5.59. The van der Waals surface area contributed by atoms with Crippen molar-refractivity contribution in [3.63, 3.8) is 0 Å². The van der Waals surface area contributed by atoms with Crippen molar-refractivity contribution in [1.82, 2.24) is 9.80 Å². The minimum Gasteiger partial charge on any atom is -0.466 e. The largest absolute Gasteiger partial charge is 0.466 e. The molecule has 0 aliphatic carbocycles. The molecular formula is C24H45N3O6S. The quantitative estimate of drug-likeness (QED) is 0.230. The number of nitrogens with zero attached hydrogens (tertiary/aromatic N) is 2. The first-order valence-corrected chi connectivity index (χ1v) is 13.2. The number of esters is 1. The lowest BCUT2D eigenvalue weighted by molar-refractivity contribution is -0.148. The zero-order chi connectivity index (χ0) is 26.5. The number of rotatable bonds is 17. The minimum absolute atomic E-state index is 0.0186. The third kappa shape index (κ3) is 11.6. The van der Waals surface area contributed by atoms with Gasteiger partial charge in [0.25, 0.3) is 0 Å². The third-order valence-corrected chi connectivity index (χ3v) is 6.67. The number of aliphatic hydroxyl groups is 1. The van der Waals surface area contributed by atoms with Crippen LogP contribution in [0.25, 0.3) is 0 Å². The molecule has 9 nitrogen and oxygen atoms in total. The molecule has 3 atom stereocenters. The topological polar surface area (TPSA) is 130 Å². The summed E-state index contributed by atoms with van der Waals surface area (Å²) in [5.41, 5.74) is 4.32. The van der Waals surface area contributed by atoms with Gasteiger partial charge in [0, 0.05) is 32.7 Å². The van der Waals surface area contributed by atoms with Crippen molar-refractivity contribution in [2.75, 3.05) is 32.2 Å². The number of carbonyl (C=O) groups excluding carboxylic acids is 4. The first-order valence-electron chi connectivity index (χ1n) is 12.1. The van der Waals surface area contributed by atoms with Gasteiger partial charge in [-0.1, -0.05) is 20.3 Å². The van der Waals surface area contributed by atoms with Crippen LogP contribution in [0.1, 0.15) is 73.1 Å². The van der Waals surface area contributed by atoms with Gasteiger partial charge in [0.2, 0.25) is 17.7 Å². The molecular weight excluding hydrogens is 458 g/mol. The van der Waals surface area contributed by atoms with Crippen LogP contribution in [-0.2, 0) is 23.9 Å². The molecule has 0 fully saturated rings. The summed E-state index contributed by atoms with van der Waals surface area (Å²) in [5.74, 6) is -0.765. The Hall–Kier alpha value is -1.81. The van der Waals surface area contributed by atoms with Crippen molar-refractivity contribution >= 4 is 35.5 Å². The maximum Gasteiger partial charge on any atom is 0.308 e. The molecule has 34 heavy (non-hydrogen) atoms. The van der Waals surface area contributed by atoms with E-state index in [-0.39, 0.29) is 24.2 Å². The molecule has 0 rings (SSSR count). The smallest absolute Gasteiger partial charge is 0.308 e. The van der Waals surface area contributed by atoms with Gasteiger partial charge in [-0.05, 0) is 45.8 Å². The van der Waals surface area contributed by atoms with Crippen molar-refractivity contribution in [1.29, 1.82) is 0 Å². The summed E-state index contributed by atoms with van der Waals surface area (Å²) < 4.78 is 5.16. The maximum atomic E-state index is 13.4. The Balaban J connectivity index is 5.48. The lowest BCUT2D eigenvalue weighted by atomic mass is 9.97. The molecule has 0 aliphatic rings. The number of primary amides is 1. The number of hydrogen-bond donors (Lipinski definition) is 2. The lowest BCUT2D eigenvalue weighted by Gasteiger charge is -2.35. The second-order valence-corrected chi connectivity index (χ2v) is 10.4. The predicted octanol–water partition coefficient (Wildman–Crippen LogP) is 2.19. The standard InChI is InChI=1S/C24H45N3O6S/c1-8-11-17(23(31)33-10-3)13-14-34-16-19(26(6)20(28)12-9-2)22(30)27(7)18(21(25)29)15-24(4,5)32/h17-19,32H,8-16H2,1-7H3,(H2,25,29)/t17-,18+,19-/m1/s1. The maximum absolute atomic E-state index is 13.4. The molecule has 0 bridgehead atoms. The fourth-order valence-electron chi connectivity index (χ4n) is 3.61. The molecule has 0 aromatic rings. The zero-order valence-electron chi connectivity index (χ0n) is 22.0. The molecule has 0 saturated heterocycles. The highest BCUT2D eigenvalue weighted by molar-refractivity contribution is 7.99. The van der Waals surface area contributed by atoms with Gasteiger partial charge < -0.3 is 25.4 Å². The fraction of sp³-hybridized carbons (Fsp3) is 0.833. The van der Waals surface area contributed by atoms with Gasteiger partial charge in [-0.3, -0.25) is 19.2 Å². The SMILES string of the molecule is CCCC(=O)N(C)[C@H](CSCC[C@@H](CCC)C(=O)OCC)C(=O)N(C)[C@@H](CC(C)(C)O)C(N)=O. The second-order valence-electron chi connectivity index (χ2n) is 9.26. The number of nitrogens with two attached hydrogens (primary N) is 1. The van der Waals surface area contributed by atoms with E-state index in [0.29, 0.717) is 37.4 Å².